The molecule has 4 aromatic rings. The maximum Gasteiger partial charge on any atom is 0.410 e. The molecule has 4 aromatic carbocycles. The van der Waals surface area contributed by atoms with Gasteiger partial charge in [0.05, 0.1) is 84.6 Å². The highest BCUT2D eigenvalue weighted by molar-refractivity contribution is 7.02. The van der Waals surface area contributed by atoms with E-state index < -0.39 is 16.6 Å². The first-order chi connectivity index (χ1) is 23.7. The lowest BCUT2D eigenvalue weighted by molar-refractivity contribution is 0.459. The van der Waals surface area contributed by atoms with E-state index in [0.29, 0.717) is 0 Å². The monoisotopic (exact) mass is 742 g/mol. The fraction of sp³-hybridized carbons (Fsp3) is 0.429. The highest BCUT2D eigenvalue weighted by Crippen LogP contribution is 2.25. The topological polar surface area (TPSA) is 18.5 Å². The summed E-state index contributed by atoms with van der Waals surface area (Å²) in [6.45, 7) is 4.58. The number of hydrogen-bond donors (Lipinski definition) is 0. The van der Waals surface area contributed by atoms with Gasteiger partial charge in [0.15, 0.2) is 0 Å². The number of quaternary nitrogens is 4. The van der Waals surface area contributed by atoms with Crippen LogP contribution in [-0.4, -0.2) is 111 Å². The lowest BCUT2D eigenvalue weighted by Gasteiger charge is -2.37. The van der Waals surface area contributed by atoms with E-state index in [9.17, 15) is 0 Å². The summed E-state index contributed by atoms with van der Waals surface area (Å²) in [5.74, 6) is 0. The zero-order chi connectivity index (χ0) is 37.9. The van der Waals surface area contributed by atoms with Crippen LogP contribution < -0.4 is 38.7 Å². The number of nitrogens with zero attached hydrogens (tertiary/aromatic N) is 4. The van der Waals surface area contributed by atoms with Crippen molar-refractivity contribution in [2.24, 2.45) is 0 Å². The van der Waals surface area contributed by atoms with E-state index in [1.807, 2.05) is 0 Å². The van der Waals surface area contributed by atoms with Crippen molar-refractivity contribution in [1.29, 1.82) is 0 Å². The molecule has 0 atom stereocenters. The van der Waals surface area contributed by atoms with Crippen LogP contribution in [0.4, 0.5) is 22.7 Å². The highest BCUT2D eigenvalue weighted by atomic mass is 28.4. The smallest absolute Gasteiger partial charge is 0.410 e. The molecule has 0 aromatic heterocycles. The second-order valence-corrected chi connectivity index (χ2v) is 26.1. The number of benzene rings is 4. The van der Waals surface area contributed by atoms with Crippen molar-refractivity contribution in [2.75, 3.05) is 84.6 Å². The minimum atomic E-state index is -2.71. The molecule has 6 nitrogen and oxygen atoms in total. The zero-order valence-corrected chi connectivity index (χ0v) is 37.2. The summed E-state index contributed by atoms with van der Waals surface area (Å²) in [7, 11) is 21.1. The molecule has 0 fully saturated rings. The van der Waals surface area contributed by atoms with Crippen LogP contribution in [0.3, 0.4) is 0 Å². The Balaban J connectivity index is 1.86. The molecule has 0 bridgehead atoms. The predicted molar refractivity (Wildman–Crippen MR) is 232 cm³/mol. The molecule has 0 amide bonds. The van der Waals surface area contributed by atoms with E-state index in [1.54, 1.807) is 0 Å². The average Bonchev–Trinajstić information content (AvgIpc) is 3.06. The largest absolute Gasteiger partial charge is 0.427 e. The molecule has 0 heterocycles. The van der Waals surface area contributed by atoms with Gasteiger partial charge in [0.2, 0.25) is 16.6 Å². The maximum atomic E-state index is 7.46. The first-order valence-electron chi connectivity index (χ1n) is 18.5. The Morgan fingerprint density at radius 1 is 0.373 bits per heavy atom. The van der Waals surface area contributed by atoms with Gasteiger partial charge in [-0.05, 0) is 81.4 Å². The normalized spacial score (nSPS) is 13.5. The molecule has 0 saturated carbocycles. The fourth-order valence-corrected chi connectivity index (χ4v) is 17.3. The zero-order valence-electron chi connectivity index (χ0n) is 34.2. The SMILES string of the molecule is CCC[Si](O[Si]O[Si](CCC)(c1ccc([N+](C)(C)C)cc1)c1ccc([N+](C)(C)C)cc1)(c1ccc([N+](C)(C)C)cc1)c1ccc([N+](C)(C)C)cc1. The molecule has 2 radical (unpaired) electrons. The first kappa shape index (κ1) is 41.1. The summed E-state index contributed by atoms with van der Waals surface area (Å²) in [5, 5.41) is 5.21. The molecular weight excluding hydrogens is 677 g/mol. The van der Waals surface area contributed by atoms with E-state index in [2.05, 4.69) is 195 Å². The van der Waals surface area contributed by atoms with Crippen LogP contribution >= 0.6 is 0 Å². The molecule has 0 N–H and O–H groups in total. The van der Waals surface area contributed by atoms with Crippen LogP contribution in [0.15, 0.2) is 97.1 Å². The third-order valence-electron chi connectivity index (χ3n) is 10.1. The fourth-order valence-electron chi connectivity index (χ4n) is 6.83. The Morgan fingerprint density at radius 2 is 0.569 bits per heavy atom. The van der Waals surface area contributed by atoms with E-state index in [0.717, 1.165) is 42.9 Å². The molecule has 0 saturated heterocycles. The molecule has 9 heteroatoms. The van der Waals surface area contributed by atoms with Gasteiger partial charge in [-0.15, -0.1) is 0 Å². The molecule has 0 aliphatic heterocycles. The Bertz CT molecular complexity index is 1450. The second kappa shape index (κ2) is 15.7. The van der Waals surface area contributed by atoms with Crippen molar-refractivity contribution in [2.45, 2.75) is 38.8 Å². The van der Waals surface area contributed by atoms with E-state index in [4.69, 9.17) is 8.23 Å². The lowest BCUT2D eigenvalue weighted by atomic mass is 10.3. The van der Waals surface area contributed by atoms with Crippen molar-refractivity contribution in [3.63, 3.8) is 0 Å². The van der Waals surface area contributed by atoms with Gasteiger partial charge in [-0.2, -0.15) is 0 Å². The van der Waals surface area contributed by atoms with Crippen LogP contribution in [0.5, 0.6) is 0 Å². The summed E-state index contributed by atoms with van der Waals surface area (Å²) >= 11 is 0. The van der Waals surface area contributed by atoms with Crippen molar-refractivity contribution in [3.8, 4) is 0 Å². The standard InChI is InChI=1S/C42H66N4O2Si3/c1-15-33-50(39-25-17-35(18-26-39)43(3,4)5,40-27-19-36(20-28-40)44(6,7)8)47-49-48-51(34-16-2,41-29-21-37(22-30-41)45(9,10)11)42-31-23-38(24-32-42)46(12,13)14/h17-32H,15-16,33-34H2,1-14H3/q+4. The highest BCUT2D eigenvalue weighted by Gasteiger charge is 2.44. The first-order valence-corrected chi connectivity index (χ1v) is 23.5. The Hall–Kier alpha value is -2.71. The third kappa shape index (κ3) is 9.45. The Kier molecular flexibility index (Phi) is 12.7. The van der Waals surface area contributed by atoms with Gasteiger partial charge in [0.1, 0.15) is 22.7 Å². The summed E-state index contributed by atoms with van der Waals surface area (Å²) in [4.78, 5) is 0. The molecule has 0 spiro atoms. The quantitative estimate of drug-likeness (QED) is 0.109. The number of hydrogen-bond acceptors (Lipinski definition) is 2. The third-order valence-corrected chi connectivity index (χ3v) is 21.0. The van der Waals surface area contributed by atoms with Crippen LogP contribution in [-0.2, 0) is 8.23 Å². The molecule has 0 unspecified atom stereocenters. The van der Waals surface area contributed by atoms with E-state index >= 15 is 0 Å². The summed E-state index contributed by atoms with van der Waals surface area (Å²) < 4.78 is 18.0. The van der Waals surface area contributed by atoms with Gasteiger partial charge in [-0.25, -0.2) is 0 Å². The maximum absolute atomic E-state index is 7.46. The molecule has 0 aliphatic rings. The van der Waals surface area contributed by atoms with Crippen LogP contribution in [0.25, 0.3) is 0 Å². The molecular formula is C42H66N4O2Si3+4. The van der Waals surface area contributed by atoms with Crippen LogP contribution in [0.1, 0.15) is 26.7 Å². The lowest BCUT2D eigenvalue weighted by Crippen LogP contribution is -2.65. The summed E-state index contributed by atoms with van der Waals surface area (Å²) in [5.41, 5.74) is 5.12. The van der Waals surface area contributed by atoms with Gasteiger partial charge >= 0.3 is 10.0 Å². The molecule has 51 heavy (non-hydrogen) atoms. The van der Waals surface area contributed by atoms with Crippen LogP contribution in [0, 0.1) is 0 Å². The van der Waals surface area contributed by atoms with Crippen molar-refractivity contribution < 1.29 is 8.23 Å². The molecule has 274 valence electrons. The summed E-state index contributed by atoms with van der Waals surface area (Å²) in [6.07, 6.45) is 2.06. The van der Waals surface area contributed by atoms with Crippen molar-refractivity contribution >= 4 is 70.1 Å². The van der Waals surface area contributed by atoms with E-state index in [-0.39, 0.29) is 10.0 Å². The van der Waals surface area contributed by atoms with Crippen molar-refractivity contribution in [3.05, 3.63) is 97.1 Å². The number of rotatable bonds is 16. The predicted octanol–water partition coefficient (Wildman–Crippen LogP) is 5.68. The van der Waals surface area contributed by atoms with E-state index in [1.165, 1.54) is 43.5 Å². The van der Waals surface area contributed by atoms with Gasteiger partial charge < -0.3 is 8.23 Å². The Labute approximate surface area is 315 Å². The average molecular weight is 743 g/mol. The van der Waals surface area contributed by atoms with Gasteiger partial charge in [-0.3, -0.25) is 17.9 Å². The van der Waals surface area contributed by atoms with Crippen molar-refractivity contribution in [1.82, 2.24) is 17.9 Å². The van der Waals surface area contributed by atoms with Gasteiger partial charge in [0, 0.05) is 0 Å². The molecule has 0 aliphatic carbocycles. The van der Waals surface area contributed by atoms with Gasteiger partial charge in [0.25, 0.3) is 0 Å². The summed E-state index contributed by atoms with van der Waals surface area (Å²) in [6, 6.07) is 39.0. The van der Waals surface area contributed by atoms with Gasteiger partial charge in [-0.1, -0.05) is 75.2 Å². The minimum Gasteiger partial charge on any atom is -0.427 e. The minimum absolute atomic E-state index is 0.0900. The van der Waals surface area contributed by atoms with Crippen LogP contribution in [0.2, 0.25) is 12.1 Å². The second-order valence-electron chi connectivity index (χ2n) is 17.7. The Morgan fingerprint density at radius 3 is 0.725 bits per heavy atom. The molecule has 4 rings (SSSR count).